The number of ether oxygens (including phenoxy) is 1. The van der Waals surface area contributed by atoms with Crippen LogP contribution in [0.1, 0.15) is 17.2 Å². The summed E-state index contributed by atoms with van der Waals surface area (Å²) in [4.78, 5) is 0. The predicted octanol–water partition coefficient (Wildman–Crippen LogP) is 3.58. The second-order valence-corrected chi connectivity index (χ2v) is 4.31. The Morgan fingerprint density at radius 3 is 2.53 bits per heavy atom. The van der Waals surface area contributed by atoms with Crippen LogP contribution >= 0.6 is 24.0 Å². The van der Waals surface area contributed by atoms with Gasteiger partial charge in [0.15, 0.2) is 0 Å². The molecule has 1 saturated heterocycles. The second-order valence-electron chi connectivity index (χ2n) is 3.90. The van der Waals surface area contributed by atoms with E-state index in [4.69, 9.17) is 16.3 Å². The van der Waals surface area contributed by atoms with E-state index in [1.807, 2.05) is 0 Å². The van der Waals surface area contributed by atoms with Gasteiger partial charge in [-0.3, -0.25) is 0 Å². The van der Waals surface area contributed by atoms with Crippen molar-refractivity contribution < 1.29 is 22.3 Å². The van der Waals surface area contributed by atoms with Crippen molar-refractivity contribution in [1.29, 1.82) is 0 Å². The van der Waals surface area contributed by atoms with E-state index < -0.39 is 29.2 Å². The minimum absolute atomic E-state index is 0. The van der Waals surface area contributed by atoms with Crippen LogP contribution < -0.4 is 5.32 Å². The van der Waals surface area contributed by atoms with Crippen molar-refractivity contribution in [2.24, 2.45) is 0 Å². The first-order valence-electron chi connectivity index (χ1n) is 5.27. The minimum Gasteiger partial charge on any atom is -0.378 e. The molecule has 1 N–H and O–H groups in total. The van der Waals surface area contributed by atoms with Crippen LogP contribution in [-0.2, 0) is 10.9 Å². The Morgan fingerprint density at radius 1 is 1.32 bits per heavy atom. The van der Waals surface area contributed by atoms with Gasteiger partial charge in [-0.15, -0.1) is 12.4 Å². The number of morpholine rings is 1. The lowest BCUT2D eigenvalue weighted by atomic mass is 9.99. The van der Waals surface area contributed by atoms with E-state index in [9.17, 15) is 17.6 Å². The third-order valence-electron chi connectivity index (χ3n) is 2.71. The second kappa shape index (κ2) is 6.26. The van der Waals surface area contributed by atoms with Gasteiger partial charge in [-0.25, -0.2) is 4.39 Å². The van der Waals surface area contributed by atoms with Gasteiger partial charge in [0.2, 0.25) is 0 Å². The highest BCUT2D eigenvalue weighted by Crippen LogP contribution is 2.38. The molecular weight excluding hydrogens is 309 g/mol. The van der Waals surface area contributed by atoms with Crippen LogP contribution in [0.4, 0.5) is 17.6 Å². The Morgan fingerprint density at radius 2 is 2.00 bits per heavy atom. The number of hydrogen-bond donors (Lipinski definition) is 1. The highest BCUT2D eigenvalue weighted by Gasteiger charge is 2.38. The zero-order valence-electron chi connectivity index (χ0n) is 9.56. The van der Waals surface area contributed by atoms with E-state index in [1.165, 1.54) is 0 Å². The van der Waals surface area contributed by atoms with Crippen molar-refractivity contribution in [3.63, 3.8) is 0 Å². The topological polar surface area (TPSA) is 21.3 Å². The largest absolute Gasteiger partial charge is 0.416 e. The number of rotatable bonds is 1. The molecule has 1 aromatic rings. The molecule has 0 spiro atoms. The van der Waals surface area contributed by atoms with E-state index in [0.29, 0.717) is 13.2 Å². The van der Waals surface area contributed by atoms with E-state index in [-0.39, 0.29) is 24.0 Å². The van der Waals surface area contributed by atoms with E-state index >= 15 is 0 Å². The Balaban J connectivity index is 0.00000180. The van der Waals surface area contributed by atoms with Gasteiger partial charge in [-0.1, -0.05) is 11.6 Å². The predicted molar refractivity (Wildman–Crippen MR) is 65.2 cm³/mol. The third kappa shape index (κ3) is 3.51. The molecule has 0 aliphatic carbocycles. The molecule has 0 saturated carbocycles. The molecule has 1 heterocycles. The summed E-state index contributed by atoms with van der Waals surface area (Å²) < 4.78 is 57.4. The van der Waals surface area contributed by atoms with Gasteiger partial charge < -0.3 is 10.1 Å². The highest BCUT2D eigenvalue weighted by atomic mass is 35.5. The van der Waals surface area contributed by atoms with Crippen molar-refractivity contribution in [1.82, 2.24) is 5.32 Å². The molecule has 2 rings (SSSR count). The molecule has 2 nitrogen and oxygen atoms in total. The summed E-state index contributed by atoms with van der Waals surface area (Å²) in [6.07, 6.45) is -4.63. The molecule has 108 valence electrons. The maximum absolute atomic E-state index is 13.8. The molecular formula is C11H11Cl2F4NO. The first-order valence-corrected chi connectivity index (χ1v) is 5.65. The number of benzene rings is 1. The van der Waals surface area contributed by atoms with E-state index in [0.717, 1.165) is 12.1 Å². The fourth-order valence-corrected chi connectivity index (χ4v) is 2.07. The Hall–Kier alpha value is -0.560. The summed E-state index contributed by atoms with van der Waals surface area (Å²) in [7, 11) is 0. The summed E-state index contributed by atoms with van der Waals surface area (Å²) in [6.45, 7) is 0.744. The molecule has 0 aromatic heterocycles. The van der Waals surface area contributed by atoms with Gasteiger partial charge in [0.1, 0.15) is 5.82 Å². The molecule has 19 heavy (non-hydrogen) atoms. The standard InChI is InChI=1S/C11H10ClF4NO.ClH/c12-7-2-1-6(11(14,15)16)9(10(7)13)8-5-18-4-3-17-8;/h1-2,8,17H,3-5H2;1H/t8-;/m1./s1. The number of hydrogen-bond acceptors (Lipinski definition) is 2. The van der Waals surface area contributed by atoms with Gasteiger partial charge in [-0.2, -0.15) is 13.2 Å². The Bertz CT molecular complexity index is 447. The first kappa shape index (κ1) is 16.5. The van der Waals surface area contributed by atoms with Gasteiger partial charge >= 0.3 is 6.18 Å². The quantitative estimate of drug-likeness (QED) is 0.799. The fraction of sp³-hybridized carbons (Fsp3) is 0.455. The van der Waals surface area contributed by atoms with Gasteiger partial charge in [-0.05, 0) is 12.1 Å². The molecule has 1 fully saturated rings. The molecule has 1 aliphatic rings. The normalized spacial score (nSPS) is 19.9. The zero-order chi connectivity index (χ0) is 13.3. The van der Waals surface area contributed by atoms with Crippen LogP contribution in [0.2, 0.25) is 5.02 Å². The molecule has 0 bridgehead atoms. The van der Waals surface area contributed by atoms with Crippen molar-refractivity contribution in [2.45, 2.75) is 12.2 Å². The van der Waals surface area contributed by atoms with Crippen molar-refractivity contribution in [2.75, 3.05) is 19.8 Å². The van der Waals surface area contributed by atoms with Crippen LogP contribution in [0.25, 0.3) is 0 Å². The fourth-order valence-electron chi connectivity index (χ4n) is 1.91. The van der Waals surface area contributed by atoms with E-state index in [1.54, 1.807) is 0 Å². The maximum atomic E-state index is 13.8. The summed E-state index contributed by atoms with van der Waals surface area (Å²) >= 11 is 5.54. The van der Waals surface area contributed by atoms with Crippen molar-refractivity contribution in [3.8, 4) is 0 Å². The number of halogens is 6. The molecule has 0 radical (unpaired) electrons. The minimum atomic E-state index is -4.63. The Kier molecular flexibility index (Phi) is 5.43. The zero-order valence-corrected chi connectivity index (χ0v) is 11.1. The molecule has 0 amide bonds. The summed E-state index contributed by atoms with van der Waals surface area (Å²) in [5, 5.41) is 2.46. The van der Waals surface area contributed by atoms with Crippen LogP contribution in [0.5, 0.6) is 0 Å². The lowest BCUT2D eigenvalue weighted by Gasteiger charge is -2.27. The SMILES string of the molecule is Cl.Fc1c(Cl)ccc(C(F)(F)F)c1[C@H]1COCCN1. The smallest absolute Gasteiger partial charge is 0.378 e. The van der Waals surface area contributed by atoms with Crippen molar-refractivity contribution in [3.05, 3.63) is 34.1 Å². The average molecular weight is 320 g/mol. The van der Waals surface area contributed by atoms with Gasteiger partial charge in [0.05, 0.1) is 29.8 Å². The number of alkyl halides is 3. The first-order chi connectivity index (χ1) is 8.41. The molecule has 8 heteroatoms. The lowest BCUT2D eigenvalue weighted by molar-refractivity contribution is -0.139. The van der Waals surface area contributed by atoms with E-state index in [2.05, 4.69) is 5.32 Å². The molecule has 1 aliphatic heterocycles. The summed E-state index contributed by atoms with van der Waals surface area (Å²) in [5.41, 5.74) is -1.50. The number of nitrogens with one attached hydrogen (secondary N) is 1. The molecule has 1 aromatic carbocycles. The summed E-state index contributed by atoms with van der Waals surface area (Å²) in [5.74, 6) is -1.05. The van der Waals surface area contributed by atoms with Crippen molar-refractivity contribution >= 4 is 24.0 Å². The molecule has 1 atom stereocenters. The van der Waals surface area contributed by atoms with Gasteiger partial charge in [0, 0.05) is 12.1 Å². The Labute approximate surface area is 118 Å². The average Bonchev–Trinajstić information content (AvgIpc) is 2.32. The van der Waals surface area contributed by atoms with Crippen LogP contribution in [0, 0.1) is 5.82 Å². The maximum Gasteiger partial charge on any atom is 0.416 e. The van der Waals surface area contributed by atoms with Gasteiger partial charge in [0.25, 0.3) is 0 Å². The van der Waals surface area contributed by atoms with Crippen LogP contribution in [0.15, 0.2) is 12.1 Å². The summed E-state index contributed by atoms with van der Waals surface area (Å²) in [6, 6.07) is 0.860. The lowest BCUT2D eigenvalue weighted by Crippen LogP contribution is -2.36. The van der Waals surface area contributed by atoms with Crippen LogP contribution in [0.3, 0.4) is 0 Å². The monoisotopic (exact) mass is 319 g/mol. The third-order valence-corrected chi connectivity index (χ3v) is 3.00. The van der Waals surface area contributed by atoms with Crippen LogP contribution in [-0.4, -0.2) is 19.8 Å². The molecule has 0 unspecified atom stereocenters. The highest BCUT2D eigenvalue weighted by molar-refractivity contribution is 6.30.